The Labute approximate surface area is 134 Å². The molecule has 1 aliphatic heterocycles. The Bertz CT molecular complexity index is 680. The summed E-state index contributed by atoms with van der Waals surface area (Å²) in [7, 11) is 1.83. The number of anilines is 2. The lowest BCUT2D eigenvalue weighted by Crippen LogP contribution is -2.32. The number of carbonyl (C=O) groups is 1. The molecule has 0 spiro atoms. The van der Waals surface area contributed by atoms with Gasteiger partial charge in [0.15, 0.2) is 5.82 Å². The molecule has 1 aliphatic rings. The molecule has 0 aliphatic carbocycles. The van der Waals surface area contributed by atoms with E-state index in [2.05, 4.69) is 21.1 Å². The first kappa shape index (κ1) is 14.8. The Balaban J connectivity index is 1.69. The van der Waals surface area contributed by atoms with Crippen LogP contribution in [0.3, 0.4) is 0 Å². The van der Waals surface area contributed by atoms with Crippen LogP contribution < -0.4 is 9.80 Å². The normalized spacial score (nSPS) is 17.7. The molecule has 1 aromatic heterocycles. The topological polar surface area (TPSA) is 58.8 Å². The van der Waals surface area contributed by atoms with Crippen molar-refractivity contribution in [1.29, 1.82) is 0 Å². The average Bonchev–Trinajstić information content (AvgIpc) is 3.12. The number of amides is 1. The van der Waals surface area contributed by atoms with E-state index in [0.29, 0.717) is 29.1 Å². The quantitative estimate of drug-likeness (QED) is 0.828. The van der Waals surface area contributed by atoms with E-state index in [1.165, 1.54) is 17.2 Å². The van der Waals surface area contributed by atoms with E-state index in [4.69, 9.17) is 9.26 Å². The smallest absolute Gasteiger partial charge is 0.414 e. The second-order valence-electron chi connectivity index (χ2n) is 4.95. The summed E-state index contributed by atoms with van der Waals surface area (Å²) in [6.07, 6.45) is 0.657. The first-order valence-electron chi connectivity index (χ1n) is 6.59. The fourth-order valence-corrected chi connectivity index (χ4v) is 2.53. The van der Waals surface area contributed by atoms with Gasteiger partial charge in [0.2, 0.25) is 0 Å². The van der Waals surface area contributed by atoms with Crippen molar-refractivity contribution in [2.45, 2.75) is 6.10 Å². The number of carbonyl (C=O) groups excluding carboxylic acids is 1. The molecule has 2 heterocycles. The molecule has 22 heavy (non-hydrogen) atoms. The molecule has 1 aromatic carbocycles. The van der Waals surface area contributed by atoms with Crippen molar-refractivity contribution in [2.24, 2.45) is 0 Å². The lowest BCUT2D eigenvalue weighted by atomic mass is 10.2. The van der Waals surface area contributed by atoms with E-state index in [1.807, 2.05) is 11.9 Å². The predicted molar refractivity (Wildman–Crippen MR) is 81.5 cm³/mol. The maximum atomic E-state index is 13.6. The molecule has 0 N–H and O–H groups in total. The van der Waals surface area contributed by atoms with Crippen LogP contribution in [0.25, 0.3) is 0 Å². The first-order chi connectivity index (χ1) is 10.5. The highest BCUT2D eigenvalue weighted by Gasteiger charge is 2.33. The highest BCUT2D eigenvalue weighted by Crippen LogP contribution is 2.26. The van der Waals surface area contributed by atoms with E-state index in [1.54, 1.807) is 18.2 Å². The molecule has 1 fully saturated rings. The minimum absolute atomic E-state index is 0.332. The van der Waals surface area contributed by atoms with Crippen LogP contribution in [-0.4, -0.2) is 37.5 Å². The summed E-state index contributed by atoms with van der Waals surface area (Å²) in [5, 5.41) is 3.82. The Kier molecular flexibility index (Phi) is 4.02. The standard InChI is InChI=1S/C14H13BrFN3O3/c1-18(13-4-5-21-17-13)7-10-8-19(14(20)22-10)9-2-3-11(15)12(16)6-9/h2-6,10H,7-8H2,1H3/t10-/m0/s1. The lowest BCUT2D eigenvalue weighted by Gasteiger charge is -2.18. The SMILES string of the molecule is CN(C[C@H]1CN(c2ccc(Br)c(F)c2)C(=O)O1)c1ccon1. The minimum atomic E-state index is -0.486. The summed E-state index contributed by atoms with van der Waals surface area (Å²) in [5.41, 5.74) is 0.470. The second-order valence-corrected chi connectivity index (χ2v) is 5.81. The number of hydrogen-bond acceptors (Lipinski definition) is 5. The highest BCUT2D eigenvalue weighted by atomic mass is 79.9. The molecule has 1 saturated heterocycles. The van der Waals surface area contributed by atoms with Crippen molar-refractivity contribution in [3.8, 4) is 0 Å². The van der Waals surface area contributed by atoms with Gasteiger partial charge in [-0.2, -0.15) is 0 Å². The summed E-state index contributed by atoms with van der Waals surface area (Å²) < 4.78 is 24.1. The Morgan fingerprint density at radius 1 is 1.50 bits per heavy atom. The van der Waals surface area contributed by atoms with Gasteiger partial charge in [-0.25, -0.2) is 9.18 Å². The molecule has 8 heteroatoms. The Morgan fingerprint density at radius 3 is 3.00 bits per heavy atom. The van der Waals surface area contributed by atoms with Crippen LogP contribution in [-0.2, 0) is 4.74 Å². The number of aromatic nitrogens is 1. The molecule has 1 amide bonds. The largest absolute Gasteiger partial charge is 0.442 e. The molecule has 3 rings (SSSR count). The van der Waals surface area contributed by atoms with E-state index in [-0.39, 0.29) is 6.10 Å². The predicted octanol–water partition coefficient (Wildman–Crippen LogP) is 3.04. The van der Waals surface area contributed by atoms with Gasteiger partial charge in [0, 0.05) is 13.1 Å². The number of halogens is 2. The highest BCUT2D eigenvalue weighted by molar-refractivity contribution is 9.10. The van der Waals surface area contributed by atoms with Crippen molar-refractivity contribution in [2.75, 3.05) is 29.9 Å². The van der Waals surface area contributed by atoms with Crippen LogP contribution >= 0.6 is 15.9 Å². The van der Waals surface area contributed by atoms with Gasteiger partial charge in [-0.3, -0.25) is 4.90 Å². The van der Waals surface area contributed by atoms with Gasteiger partial charge in [0.1, 0.15) is 18.2 Å². The summed E-state index contributed by atoms with van der Waals surface area (Å²) in [4.78, 5) is 15.2. The molecular formula is C14H13BrFN3O3. The summed E-state index contributed by atoms with van der Waals surface area (Å²) in [5.74, 6) is 0.234. The van der Waals surface area contributed by atoms with Gasteiger partial charge in [0.05, 0.1) is 23.2 Å². The van der Waals surface area contributed by atoms with Gasteiger partial charge in [-0.15, -0.1) is 0 Å². The fourth-order valence-electron chi connectivity index (χ4n) is 2.28. The number of hydrogen-bond donors (Lipinski definition) is 0. The third-order valence-corrected chi connectivity index (χ3v) is 4.02. The van der Waals surface area contributed by atoms with Gasteiger partial charge >= 0.3 is 6.09 Å². The van der Waals surface area contributed by atoms with E-state index in [9.17, 15) is 9.18 Å². The number of rotatable bonds is 4. The maximum absolute atomic E-state index is 13.6. The van der Waals surface area contributed by atoms with Crippen molar-refractivity contribution in [3.63, 3.8) is 0 Å². The fraction of sp³-hybridized carbons (Fsp3) is 0.286. The van der Waals surface area contributed by atoms with Crippen molar-refractivity contribution in [1.82, 2.24) is 5.16 Å². The zero-order chi connectivity index (χ0) is 15.7. The second kappa shape index (κ2) is 5.96. The van der Waals surface area contributed by atoms with Gasteiger partial charge in [-0.1, -0.05) is 5.16 Å². The van der Waals surface area contributed by atoms with Gasteiger partial charge in [-0.05, 0) is 34.1 Å². The van der Waals surface area contributed by atoms with Crippen LogP contribution in [0.4, 0.5) is 20.7 Å². The maximum Gasteiger partial charge on any atom is 0.414 e. The van der Waals surface area contributed by atoms with Crippen LogP contribution in [0, 0.1) is 5.82 Å². The van der Waals surface area contributed by atoms with Gasteiger partial charge in [0.25, 0.3) is 0 Å². The van der Waals surface area contributed by atoms with Crippen molar-refractivity contribution >= 4 is 33.5 Å². The van der Waals surface area contributed by atoms with E-state index < -0.39 is 11.9 Å². The number of benzene rings is 1. The number of nitrogens with zero attached hydrogens (tertiary/aromatic N) is 3. The number of likely N-dealkylation sites (N-methyl/N-ethyl adjacent to an activating group) is 1. The molecule has 2 aromatic rings. The lowest BCUT2D eigenvalue weighted by molar-refractivity contribution is 0.144. The van der Waals surface area contributed by atoms with Crippen LogP contribution in [0.15, 0.2) is 39.5 Å². The molecule has 0 bridgehead atoms. The first-order valence-corrected chi connectivity index (χ1v) is 7.38. The molecule has 0 unspecified atom stereocenters. The zero-order valence-corrected chi connectivity index (χ0v) is 13.3. The van der Waals surface area contributed by atoms with Gasteiger partial charge < -0.3 is 14.2 Å². The van der Waals surface area contributed by atoms with Crippen LogP contribution in [0.2, 0.25) is 0 Å². The molecule has 6 nitrogen and oxygen atoms in total. The molecule has 0 radical (unpaired) electrons. The summed E-state index contributed by atoms with van der Waals surface area (Å²) in [6, 6.07) is 6.25. The van der Waals surface area contributed by atoms with E-state index in [0.717, 1.165) is 0 Å². The third kappa shape index (κ3) is 2.92. The summed E-state index contributed by atoms with van der Waals surface area (Å²) >= 11 is 3.09. The average molecular weight is 370 g/mol. The molecule has 0 saturated carbocycles. The Hall–Kier alpha value is -2.09. The monoisotopic (exact) mass is 369 g/mol. The van der Waals surface area contributed by atoms with Crippen molar-refractivity contribution in [3.05, 3.63) is 40.8 Å². The van der Waals surface area contributed by atoms with Crippen LogP contribution in [0.5, 0.6) is 0 Å². The van der Waals surface area contributed by atoms with Crippen molar-refractivity contribution < 1.29 is 18.4 Å². The Morgan fingerprint density at radius 2 is 2.32 bits per heavy atom. The zero-order valence-electron chi connectivity index (χ0n) is 11.7. The van der Waals surface area contributed by atoms with E-state index >= 15 is 0 Å². The number of cyclic esters (lactones) is 1. The third-order valence-electron chi connectivity index (χ3n) is 3.38. The molecule has 1 atom stereocenters. The minimum Gasteiger partial charge on any atom is -0.442 e. The number of ether oxygens (including phenoxy) is 1. The molecular weight excluding hydrogens is 357 g/mol. The van der Waals surface area contributed by atoms with Crippen LogP contribution in [0.1, 0.15) is 0 Å². The summed E-state index contributed by atoms with van der Waals surface area (Å²) in [6.45, 7) is 0.815. The molecule has 116 valence electrons.